The molecule has 3 rings (SSSR count). The summed E-state index contributed by atoms with van der Waals surface area (Å²) in [4.78, 5) is 0. The van der Waals surface area contributed by atoms with Crippen molar-refractivity contribution in [3.63, 3.8) is 0 Å². The van der Waals surface area contributed by atoms with Gasteiger partial charge >= 0.3 is 0 Å². The fourth-order valence-corrected chi connectivity index (χ4v) is 5.25. The van der Waals surface area contributed by atoms with Gasteiger partial charge in [-0.1, -0.05) is 18.2 Å². The summed E-state index contributed by atoms with van der Waals surface area (Å²) in [5.41, 5.74) is 10.4. The van der Waals surface area contributed by atoms with Crippen LogP contribution in [0.4, 0.5) is 0 Å². The highest BCUT2D eigenvalue weighted by Crippen LogP contribution is 2.26. The van der Waals surface area contributed by atoms with Crippen LogP contribution < -0.4 is 5.73 Å². The summed E-state index contributed by atoms with van der Waals surface area (Å²) in [5.74, 6) is 0.729. The summed E-state index contributed by atoms with van der Waals surface area (Å²) >= 11 is 0. The summed E-state index contributed by atoms with van der Waals surface area (Å²) in [7, 11) is -2.82. The molecule has 0 radical (unpaired) electrons. The van der Waals surface area contributed by atoms with Crippen molar-refractivity contribution >= 4 is 9.84 Å². The minimum absolute atomic E-state index is 0.0308. The second kappa shape index (κ2) is 4.91. The first-order valence-corrected chi connectivity index (χ1v) is 8.92. The molecule has 1 fully saturated rings. The first kappa shape index (κ1) is 13.1. The molecule has 0 aromatic heterocycles. The van der Waals surface area contributed by atoms with Gasteiger partial charge in [0.1, 0.15) is 0 Å². The molecule has 0 spiro atoms. The first-order chi connectivity index (χ1) is 9.03. The average molecular weight is 279 g/mol. The number of aryl methyl sites for hydroxylation is 2. The molecular formula is C15H21NO2S. The third-order valence-electron chi connectivity index (χ3n) is 4.51. The van der Waals surface area contributed by atoms with E-state index >= 15 is 0 Å². The van der Waals surface area contributed by atoms with Gasteiger partial charge in [0.15, 0.2) is 9.84 Å². The Balaban J connectivity index is 1.68. The quantitative estimate of drug-likeness (QED) is 0.911. The molecule has 1 heterocycles. The summed E-state index contributed by atoms with van der Waals surface area (Å²) in [6, 6.07) is 6.62. The van der Waals surface area contributed by atoms with Crippen molar-refractivity contribution in [2.75, 3.05) is 11.5 Å². The summed E-state index contributed by atoms with van der Waals surface area (Å²) in [6.45, 7) is 0. The zero-order chi connectivity index (χ0) is 13.5. The average Bonchev–Trinajstić information content (AvgIpc) is 2.94. The van der Waals surface area contributed by atoms with Crippen LogP contribution in [-0.2, 0) is 29.1 Å². The van der Waals surface area contributed by atoms with Gasteiger partial charge in [-0.05, 0) is 54.7 Å². The Hall–Kier alpha value is -0.870. The van der Waals surface area contributed by atoms with E-state index in [1.165, 1.54) is 36.0 Å². The molecule has 3 nitrogen and oxygen atoms in total. The van der Waals surface area contributed by atoms with Crippen LogP contribution in [0, 0.1) is 5.92 Å². The molecule has 104 valence electrons. The molecule has 19 heavy (non-hydrogen) atoms. The van der Waals surface area contributed by atoms with E-state index in [2.05, 4.69) is 18.2 Å². The largest absolute Gasteiger partial charge is 0.327 e. The highest BCUT2D eigenvalue weighted by molar-refractivity contribution is 7.91. The number of fused-ring (bicyclic) bond motifs is 1. The lowest BCUT2D eigenvalue weighted by molar-refractivity contribution is 0.461. The van der Waals surface area contributed by atoms with E-state index in [9.17, 15) is 8.42 Å². The lowest BCUT2D eigenvalue weighted by atomic mass is 9.92. The topological polar surface area (TPSA) is 60.2 Å². The lowest BCUT2D eigenvalue weighted by Gasteiger charge is -2.18. The Kier molecular flexibility index (Phi) is 3.39. The molecule has 2 aliphatic rings. The van der Waals surface area contributed by atoms with Gasteiger partial charge in [0.2, 0.25) is 0 Å². The standard InChI is InChI=1S/C15H21NO2S/c16-15(14-6-7-19(17,18)10-14)9-11-4-5-12-2-1-3-13(12)8-11/h4-5,8,14-15H,1-3,6-7,9-10,16H2. The van der Waals surface area contributed by atoms with Gasteiger partial charge in [0, 0.05) is 6.04 Å². The smallest absolute Gasteiger partial charge is 0.150 e. The highest BCUT2D eigenvalue weighted by Gasteiger charge is 2.32. The molecule has 0 amide bonds. The fourth-order valence-electron chi connectivity index (χ4n) is 3.35. The molecule has 2 unspecified atom stereocenters. The second-order valence-corrected chi connectivity index (χ2v) is 8.22. The van der Waals surface area contributed by atoms with E-state index in [1.54, 1.807) is 0 Å². The second-order valence-electron chi connectivity index (χ2n) is 5.99. The Labute approximate surface area is 115 Å². The SMILES string of the molecule is NC(Cc1ccc2c(c1)CCC2)C1CCS(=O)(=O)C1. The molecule has 0 bridgehead atoms. The fraction of sp³-hybridized carbons (Fsp3) is 0.600. The maximum atomic E-state index is 11.5. The van der Waals surface area contributed by atoms with E-state index < -0.39 is 9.84 Å². The van der Waals surface area contributed by atoms with Crippen molar-refractivity contribution in [3.8, 4) is 0 Å². The zero-order valence-corrected chi connectivity index (χ0v) is 12.0. The first-order valence-electron chi connectivity index (χ1n) is 7.10. The molecule has 1 aromatic carbocycles. The maximum absolute atomic E-state index is 11.5. The molecule has 2 atom stereocenters. The van der Waals surface area contributed by atoms with Gasteiger partial charge < -0.3 is 5.73 Å². The van der Waals surface area contributed by atoms with Gasteiger partial charge in [-0.25, -0.2) is 8.42 Å². The number of nitrogens with two attached hydrogens (primary N) is 1. The molecule has 1 saturated heterocycles. The molecule has 1 aromatic rings. The predicted molar refractivity (Wildman–Crippen MR) is 76.9 cm³/mol. The van der Waals surface area contributed by atoms with Crippen molar-refractivity contribution in [1.29, 1.82) is 0 Å². The van der Waals surface area contributed by atoms with Crippen LogP contribution in [0.5, 0.6) is 0 Å². The van der Waals surface area contributed by atoms with Gasteiger partial charge in [-0.15, -0.1) is 0 Å². The van der Waals surface area contributed by atoms with Gasteiger partial charge in [0.25, 0.3) is 0 Å². The van der Waals surface area contributed by atoms with Crippen molar-refractivity contribution < 1.29 is 8.42 Å². The number of hydrogen-bond donors (Lipinski definition) is 1. The third-order valence-corrected chi connectivity index (χ3v) is 6.30. The van der Waals surface area contributed by atoms with Crippen molar-refractivity contribution in [2.45, 2.75) is 38.1 Å². The Morgan fingerprint density at radius 1 is 1.26 bits per heavy atom. The minimum Gasteiger partial charge on any atom is -0.327 e. The van der Waals surface area contributed by atoms with E-state index in [1.807, 2.05) is 0 Å². The lowest BCUT2D eigenvalue weighted by Crippen LogP contribution is -2.33. The third kappa shape index (κ3) is 2.84. The number of sulfone groups is 1. The highest BCUT2D eigenvalue weighted by atomic mass is 32.2. The summed E-state index contributed by atoms with van der Waals surface area (Å²) < 4.78 is 23.0. The van der Waals surface area contributed by atoms with Crippen LogP contribution in [0.3, 0.4) is 0 Å². The van der Waals surface area contributed by atoms with E-state index in [0.29, 0.717) is 5.75 Å². The molecule has 1 aliphatic carbocycles. The minimum atomic E-state index is -2.82. The van der Waals surface area contributed by atoms with E-state index in [-0.39, 0.29) is 17.7 Å². The number of benzene rings is 1. The summed E-state index contributed by atoms with van der Waals surface area (Å²) in [5, 5.41) is 0. The van der Waals surface area contributed by atoms with Crippen LogP contribution in [0.15, 0.2) is 18.2 Å². The Morgan fingerprint density at radius 2 is 2.05 bits per heavy atom. The zero-order valence-electron chi connectivity index (χ0n) is 11.1. The van der Waals surface area contributed by atoms with Crippen LogP contribution in [-0.4, -0.2) is 26.0 Å². The maximum Gasteiger partial charge on any atom is 0.150 e. The van der Waals surface area contributed by atoms with Crippen LogP contribution >= 0.6 is 0 Å². The molecule has 0 saturated carbocycles. The summed E-state index contributed by atoms with van der Waals surface area (Å²) in [6.07, 6.45) is 5.16. The molecule has 4 heteroatoms. The van der Waals surface area contributed by atoms with Gasteiger partial charge in [0.05, 0.1) is 11.5 Å². The van der Waals surface area contributed by atoms with Crippen LogP contribution in [0.1, 0.15) is 29.5 Å². The number of hydrogen-bond acceptors (Lipinski definition) is 3. The van der Waals surface area contributed by atoms with E-state index in [4.69, 9.17) is 5.73 Å². The predicted octanol–water partition coefficient (Wildman–Crippen LogP) is 1.48. The van der Waals surface area contributed by atoms with Gasteiger partial charge in [-0.2, -0.15) is 0 Å². The van der Waals surface area contributed by atoms with Gasteiger partial charge in [-0.3, -0.25) is 0 Å². The Morgan fingerprint density at radius 3 is 2.79 bits per heavy atom. The number of rotatable bonds is 3. The molecule has 2 N–H and O–H groups in total. The Bertz CT molecular complexity index is 580. The molecule has 1 aliphatic heterocycles. The normalized spacial score (nSPS) is 26.3. The van der Waals surface area contributed by atoms with Crippen LogP contribution in [0.25, 0.3) is 0 Å². The monoisotopic (exact) mass is 279 g/mol. The van der Waals surface area contributed by atoms with Crippen molar-refractivity contribution in [3.05, 3.63) is 34.9 Å². The van der Waals surface area contributed by atoms with Crippen LogP contribution in [0.2, 0.25) is 0 Å². The van der Waals surface area contributed by atoms with Crippen molar-refractivity contribution in [2.24, 2.45) is 11.7 Å². The van der Waals surface area contributed by atoms with E-state index in [0.717, 1.165) is 12.8 Å². The molecular weight excluding hydrogens is 258 g/mol. The van der Waals surface area contributed by atoms with Crippen molar-refractivity contribution in [1.82, 2.24) is 0 Å².